The number of aromatic nitrogens is 1. The van der Waals surface area contributed by atoms with E-state index in [-0.39, 0.29) is 12.5 Å². The van der Waals surface area contributed by atoms with E-state index in [1.807, 2.05) is 24.3 Å². The lowest BCUT2D eigenvalue weighted by molar-refractivity contribution is -0.118. The molecule has 28 heavy (non-hydrogen) atoms. The minimum Gasteiger partial charge on any atom is -0.497 e. The number of amides is 1. The molecule has 0 bridgehead atoms. The number of carbonyl (C=O) groups is 1. The molecule has 1 amide bonds. The monoisotopic (exact) mass is 380 g/mol. The van der Waals surface area contributed by atoms with Crippen LogP contribution in [0.15, 0.2) is 54.7 Å². The minimum atomic E-state index is -0.249. The third-order valence-corrected chi connectivity index (χ3v) is 4.19. The first-order valence-corrected chi connectivity index (χ1v) is 9.28. The van der Waals surface area contributed by atoms with Crippen molar-refractivity contribution in [2.24, 2.45) is 0 Å². The van der Waals surface area contributed by atoms with Crippen LogP contribution in [-0.4, -0.2) is 31.2 Å². The maximum Gasteiger partial charge on any atom is 0.262 e. The first kappa shape index (κ1) is 19.5. The highest BCUT2D eigenvalue weighted by molar-refractivity contribution is 6.03. The van der Waals surface area contributed by atoms with Gasteiger partial charge in [0.05, 0.1) is 19.4 Å². The van der Waals surface area contributed by atoms with Crippen molar-refractivity contribution < 1.29 is 19.0 Å². The van der Waals surface area contributed by atoms with Crippen LogP contribution in [0, 0.1) is 0 Å². The molecule has 3 rings (SSSR count). The maximum atomic E-state index is 12.3. The Balaban J connectivity index is 1.67. The molecule has 0 fully saturated rings. The fourth-order valence-corrected chi connectivity index (χ4v) is 2.71. The summed E-state index contributed by atoms with van der Waals surface area (Å²) in [5.74, 6) is 1.80. The zero-order chi connectivity index (χ0) is 19.8. The normalized spacial score (nSPS) is 10.5. The average molecular weight is 380 g/mol. The second-order valence-electron chi connectivity index (χ2n) is 6.23. The SMILES string of the molecule is CCCCOc1ccc(NC(=O)COc2ccc(OC)cc2)c2cccnc12. The second-order valence-corrected chi connectivity index (χ2v) is 6.23. The Morgan fingerprint density at radius 2 is 1.82 bits per heavy atom. The van der Waals surface area contributed by atoms with E-state index in [0.717, 1.165) is 35.2 Å². The molecule has 0 aliphatic carbocycles. The number of benzene rings is 2. The Kier molecular flexibility index (Phi) is 6.68. The molecule has 0 aliphatic rings. The quantitative estimate of drug-likeness (QED) is 0.556. The first-order valence-electron chi connectivity index (χ1n) is 9.28. The zero-order valence-corrected chi connectivity index (χ0v) is 16.1. The fourth-order valence-electron chi connectivity index (χ4n) is 2.71. The smallest absolute Gasteiger partial charge is 0.262 e. The lowest BCUT2D eigenvalue weighted by atomic mass is 10.1. The van der Waals surface area contributed by atoms with Crippen LogP contribution in [0.2, 0.25) is 0 Å². The predicted molar refractivity (Wildman–Crippen MR) is 109 cm³/mol. The topological polar surface area (TPSA) is 69.7 Å². The number of nitrogens with one attached hydrogen (secondary N) is 1. The maximum absolute atomic E-state index is 12.3. The largest absolute Gasteiger partial charge is 0.497 e. The van der Waals surface area contributed by atoms with Gasteiger partial charge in [-0.05, 0) is 55.0 Å². The Labute approximate surface area is 164 Å². The van der Waals surface area contributed by atoms with Crippen LogP contribution in [0.25, 0.3) is 10.9 Å². The summed E-state index contributed by atoms with van der Waals surface area (Å²) in [6.07, 6.45) is 3.76. The van der Waals surface area contributed by atoms with Gasteiger partial charge in [0.15, 0.2) is 6.61 Å². The van der Waals surface area contributed by atoms with Crippen LogP contribution >= 0.6 is 0 Å². The molecule has 0 saturated heterocycles. The van der Waals surface area contributed by atoms with E-state index in [4.69, 9.17) is 14.2 Å². The highest BCUT2D eigenvalue weighted by atomic mass is 16.5. The molecular formula is C22H24N2O4. The van der Waals surface area contributed by atoms with E-state index in [2.05, 4.69) is 17.2 Å². The van der Waals surface area contributed by atoms with Crippen molar-refractivity contribution in [2.45, 2.75) is 19.8 Å². The molecule has 1 heterocycles. The van der Waals surface area contributed by atoms with E-state index >= 15 is 0 Å². The van der Waals surface area contributed by atoms with Gasteiger partial charge in [-0.25, -0.2) is 0 Å². The molecular weight excluding hydrogens is 356 g/mol. The summed E-state index contributed by atoms with van der Waals surface area (Å²) in [7, 11) is 1.60. The molecule has 1 N–H and O–H groups in total. The van der Waals surface area contributed by atoms with E-state index < -0.39 is 0 Å². The number of methoxy groups -OCH3 is 1. The second kappa shape index (κ2) is 9.60. The number of rotatable bonds is 9. The number of nitrogens with zero attached hydrogens (tertiary/aromatic N) is 1. The van der Waals surface area contributed by atoms with Crippen molar-refractivity contribution in [1.82, 2.24) is 4.98 Å². The van der Waals surface area contributed by atoms with Crippen molar-refractivity contribution in [3.8, 4) is 17.2 Å². The first-order chi connectivity index (χ1) is 13.7. The zero-order valence-electron chi connectivity index (χ0n) is 16.1. The summed E-state index contributed by atoms with van der Waals surface area (Å²) in [5.41, 5.74) is 1.40. The average Bonchev–Trinajstić information content (AvgIpc) is 2.74. The van der Waals surface area contributed by atoms with Crippen LogP contribution < -0.4 is 19.5 Å². The van der Waals surface area contributed by atoms with Gasteiger partial charge in [-0.3, -0.25) is 9.78 Å². The Hall–Kier alpha value is -3.28. The summed E-state index contributed by atoms with van der Waals surface area (Å²) in [6.45, 7) is 2.67. The van der Waals surface area contributed by atoms with Gasteiger partial charge in [0.25, 0.3) is 5.91 Å². The summed E-state index contributed by atoms with van der Waals surface area (Å²) in [4.78, 5) is 16.8. The molecule has 0 saturated carbocycles. The van der Waals surface area contributed by atoms with Crippen molar-refractivity contribution >= 4 is 22.5 Å². The lowest BCUT2D eigenvalue weighted by Crippen LogP contribution is -2.20. The van der Waals surface area contributed by atoms with Gasteiger partial charge < -0.3 is 19.5 Å². The van der Waals surface area contributed by atoms with Crippen molar-refractivity contribution in [1.29, 1.82) is 0 Å². The molecule has 6 nitrogen and oxygen atoms in total. The van der Waals surface area contributed by atoms with Crippen LogP contribution in [0.5, 0.6) is 17.2 Å². The number of fused-ring (bicyclic) bond motifs is 1. The summed E-state index contributed by atoms with van der Waals surface area (Å²) < 4.78 is 16.5. The van der Waals surface area contributed by atoms with Crippen molar-refractivity contribution in [2.75, 3.05) is 25.6 Å². The van der Waals surface area contributed by atoms with Crippen LogP contribution in [0.3, 0.4) is 0 Å². The highest BCUT2D eigenvalue weighted by Crippen LogP contribution is 2.30. The van der Waals surface area contributed by atoms with Gasteiger partial charge in [-0.15, -0.1) is 0 Å². The number of pyridine rings is 1. The lowest BCUT2D eigenvalue weighted by Gasteiger charge is -2.13. The van der Waals surface area contributed by atoms with Gasteiger partial charge in [0.2, 0.25) is 0 Å². The molecule has 6 heteroatoms. The number of hydrogen-bond donors (Lipinski definition) is 1. The summed E-state index contributed by atoms with van der Waals surface area (Å²) in [6, 6.07) is 14.5. The molecule has 0 atom stereocenters. The third-order valence-electron chi connectivity index (χ3n) is 4.19. The molecule has 0 aliphatic heterocycles. The Morgan fingerprint density at radius 1 is 1.04 bits per heavy atom. The number of unbranched alkanes of at least 4 members (excludes halogenated alkanes) is 1. The highest BCUT2D eigenvalue weighted by Gasteiger charge is 2.11. The standard InChI is InChI=1S/C22H24N2O4/c1-3-4-14-27-20-12-11-19(18-6-5-13-23-22(18)20)24-21(25)15-28-17-9-7-16(26-2)8-10-17/h5-13H,3-4,14-15H2,1-2H3,(H,24,25). The molecule has 1 aromatic heterocycles. The number of hydrogen-bond acceptors (Lipinski definition) is 5. The molecule has 146 valence electrons. The summed E-state index contributed by atoms with van der Waals surface area (Å²) >= 11 is 0. The van der Waals surface area contributed by atoms with E-state index in [1.165, 1.54) is 0 Å². The number of ether oxygens (including phenoxy) is 3. The van der Waals surface area contributed by atoms with E-state index in [0.29, 0.717) is 18.0 Å². The van der Waals surface area contributed by atoms with Crippen molar-refractivity contribution in [3.05, 3.63) is 54.7 Å². The van der Waals surface area contributed by atoms with Gasteiger partial charge in [0.1, 0.15) is 22.8 Å². The van der Waals surface area contributed by atoms with Crippen LogP contribution in [0.1, 0.15) is 19.8 Å². The Morgan fingerprint density at radius 3 is 2.57 bits per heavy atom. The molecule has 2 aromatic carbocycles. The minimum absolute atomic E-state index is 0.0944. The number of carbonyl (C=O) groups excluding carboxylic acids is 1. The van der Waals surface area contributed by atoms with Gasteiger partial charge in [-0.1, -0.05) is 13.3 Å². The molecule has 0 radical (unpaired) electrons. The number of anilines is 1. The summed E-state index contributed by atoms with van der Waals surface area (Å²) in [5, 5.41) is 3.72. The fraction of sp³-hybridized carbons (Fsp3) is 0.273. The Bertz CT molecular complexity index is 925. The molecule has 3 aromatic rings. The van der Waals surface area contributed by atoms with Gasteiger partial charge >= 0.3 is 0 Å². The van der Waals surface area contributed by atoms with Gasteiger partial charge in [0, 0.05) is 11.6 Å². The third kappa shape index (κ3) is 4.91. The van der Waals surface area contributed by atoms with E-state index in [1.54, 1.807) is 37.6 Å². The van der Waals surface area contributed by atoms with Crippen molar-refractivity contribution in [3.63, 3.8) is 0 Å². The van der Waals surface area contributed by atoms with Crippen LogP contribution in [-0.2, 0) is 4.79 Å². The predicted octanol–water partition coefficient (Wildman–Crippen LogP) is 4.44. The molecule has 0 unspecified atom stereocenters. The molecule has 0 spiro atoms. The van der Waals surface area contributed by atoms with Crippen LogP contribution in [0.4, 0.5) is 5.69 Å². The van der Waals surface area contributed by atoms with E-state index in [9.17, 15) is 4.79 Å². The van der Waals surface area contributed by atoms with Gasteiger partial charge in [-0.2, -0.15) is 0 Å².